The third kappa shape index (κ3) is 2.82. The first-order chi connectivity index (χ1) is 8.19. The number of benzene rings is 1. The van der Waals surface area contributed by atoms with Gasteiger partial charge in [-0.15, -0.1) is 0 Å². The summed E-state index contributed by atoms with van der Waals surface area (Å²) in [6.07, 6.45) is 3.32. The fourth-order valence-electron chi connectivity index (χ4n) is 1.47. The van der Waals surface area contributed by atoms with Crippen LogP contribution < -0.4 is 10.5 Å². The van der Waals surface area contributed by atoms with Gasteiger partial charge in [0.05, 0.1) is 12.4 Å². The molecule has 2 aromatic rings. The Morgan fingerprint density at radius 1 is 1.47 bits per heavy atom. The minimum Gasteiger partial charge on any atom is -0.486 e. The molecule has 0 spiro atoms. The highest BCUT2D eigenvalue weighted by molar-refractivity contribution is 5.24. The van der Waals surface area contributed by atoms with Crippen molar-refractivity contribution in [1.82, 2.24) is 9.78 Å². The lowest BCUT2D eigenvalue weighted by molar-refractivity contribution is 0.299. The Morgan fingerprint density at radius 2 is 2.29 bits per heavy atom. The zero-order valence-electron chi connectivity index (χ0n) is 9.56. The van der Waals surface area contributed by atoms with Crippen LogP contribution in [-0.2, 0) is 20.2 Å². The molecule has 0 fully saturated rings. The van der Waals surface area contributed by atoms with Gasteiger partial charge in [-0.1, -0.05) is 12.1 Å². The van der Waals surface area contributed by atoms with Crippen molar-refractivity contribution in [3.8, 4) is 5.75 Å². The number of ether oxygens (including phenoxy) is 1. The van der Waals surface area contributed by atoms with Gasteiger partial charge in [0, 0.05) is 19.2 Å². The van der Waals surface area contributed by atoms with E-state index >= 15 is 0 Å². The SMILES string of the molecule is Cn1cc(OCc2ccc(CN)cc2F)cn1. The zero-order valence-corrected chi connectivity index (χ0v) is 9.56. The number of aromatic nitrogens is 2. The molecule has 1 aromatic carbocycles. The molecule has 0 amide bonds. The number of hydrogen-bond donors (Lipinski definition) is 1. The van der Waals surface area contributed by atoms with Crippen molar-refractivity contribution in [3.63, 3.8) is 0 Å². The predicted molar refractivity (Wildman–Crippen MR) is 61.8 cm³/mol. The summed E-state index contributed by atoms with van der Waals surface area (Å²) in [5, 5.41) is 3.96. The smallest absolute Gasteiger partial charge is 0.157 e. The summed E-state index contributed by atoms with van der Waals surface area (Å²) < 4.78 is 20.6. The van der Waals surface area contributed by atoms with Crippen LogP contribution in [0.3, 0.4) is 0 Å². The van der Waals surface area contributed by atoms with Gasteiger partial charge in [-0.2, -0.15) is 5.10 Å². The van der Waals surface area contributed by atoms with Gasteiger partial charge in [-0.3, -0.25) is 4.68 Å². The zero-order chi connectivity index (χ0) is 12.3. The fraction of sp³-hybridized carbons (Fsp3) is 0.250. The molecule has 4 nitrogen and oxygen atoms in total. The van der Waals surface area contributed by atoms with Crippen molar-refractivity contribution in [2.24, 2.45) is 12.8 Å². The molecule has 0 aliphatic rings. The molecule has 0 atom stereocenters. The third-order valence-electron chi connectivity index (χ3n) is 2.43. The number of halogens is 1. The quantitative estimate of drug-likeness (QED) is 0.875. The number of nitrogens with zero attached hydrogens (tertiary/aromatic N) is 2. The second-order valence-corrected chi connectivity index (χ2v) is 3.77. The van der Waals surface area contributed by atoms with Gasteiger partial charge >= 0.3 is 0 Å². The predicted octanol–water partition coefficient (Wildman–Crippen LogP) is 1.60. The van der Waals surface area contributed by atoms with Crippen molar-refractivity contribution < 1.29 is 9.13 Å². The molecule has 5 heteroatoms. The largest absolute Gasteiger partial charge is 0.486 e. The summed E-state index contributed by atoms with van der Waals surface area (Å²) in [5.74, 6) is 0.326. The van der Waals surface area contributed by atoms with E-state index in [0.29, 0.717) is 17.9 Å². The summed E-state index contributed by atoms with van der Waals surface area (Å²) in [7, 11) is 1.80. The Morgan fingerprint density at radius 3 is 2.88 bits per heavy atom. The molecule has 0 aliphatic heterocycles. The summed E-state index contributed by atoms with van der Waals surface area (Å²) in [5.41, 5.74) is 6.70. The van der Waals surface area contributed by atoms with Gasteiger partial charge in [-0.05, 0) is 11.6 Å². The standard InChI is InChI=1S/C12H14FN3O/c1-16-7-11(6-15-16)17-8-10-3-2-9(5-14)4-12(10)13/h2-4,6-7H,5,8,14H2,1H3. The maximum Gasteiger partial charge on any atom is 0.157 e. The molecule has 17 heavy (non-hydrogen) atoms. The van der Waals surface area contributed by atoms with Crippen LogP contribution in [0.15, 0.2) is 30.6 Å². The lowest BCUT2D eigenvalue weighted by atomic mass is 10.1. The highest BCUT2D eigenvalue weighted by Crippen LogP contribution is 2.14. The van der Waals surface area contributed by atoms with Crippen LogP contribution in [0.5, 0.6) is 5.75 Å². The van der Waals surface area contributed by atoms with Crippen LogP contribution in [-0.4, -0.2) is 9.78 Å². The molecule has 0 unspecified atom stereocenters. The van der Waals surface area contributed by atoms with Crippen molar-refractivity contribution in [2.75, 3.05) is 0 Å². The Bertz CT molecular complexity index is 510. The number of aryl methyl sites for hydroxylation is 1. The molecular weight excluding hydrogens is 221 g/mol. The number of nitrogens with two attached hydrogens (primary N) is 1. The highest BCUT2D eigenvalue weighted by Gasteiger charge is 2.05. The van der Waals surface area contributed by atoms with E-state index in [0.717, 1.165) is 5.56 Å². The van der Waals surface area contributed by atoms with Crippen LogP contribution in [0.2, 0.25) is 0 Å². The van der Waals surface area contributed by atoms with Crippen molar-refractivity contribution in [2.45, 2.75) is 13.2 Å². The monoisotopic (exact) mass is 235 g/mol. The molecule has 90 valence electrons. The molecule has 0 saturated heterocycles. The van der Waals surface area contributed by atoms with Gasteiger partial charge in [0.15, 0.2) is 5.75 Å². The van der Waals surface area contributed by atoms with Crippen LogP contribution in [0.4, 0.5) is 4.39 Å². The first kappa shape index (κ1) is 11.6. The van der Waals surface area contributed by atoms with E-state index in [9.17, 15) is 4.39 Å². The Balaban J connectivity index is 2.04. The topological polar surface area (TPSA) is 53.1 Å². The van der Waals surface area contributed by atoms with Crippen molar-refractivity contribution in [3.05, 3.63) is 47.5 Å². The summed E-state index contributed by atoms with van der Waals surface area (Å²) in [6, 6.07) is 4.92. The molecule has 1 heterocycles. The van der Waals surface area contributed by atoms with Crippen LogP contribution in [0, 0.1) is 5.82 Å². The van der Waals surface area contributed by atoms with Crippen LogP contribution in [0.1, 0.15) is 11.1 Å². The second kappa shape index (κ2) is 4.97. The van der Waals surface area contributed by atoms with E-state index in [1.807, 2.05) is 0 Å². The molecule has 2 rings (SSSR count). The average molecular weight is 235 g/mol. The Kier molecular flexibility index (Phi) is 3.39. The van der Waals surface area contributed by atoms with E-state index < -0.39 is 0 Å². The lowest BCUT2D eigenvalue weighted by Gasteiger charge is -2.06. The van der Waals surface area contributed by atoms with Gasteiger partial charge in [0.2, 0.25) is 0 Å². The normalized spacial score (nSPS) is 10.5. The van der Waals surface area contributed by atoms with E-state index in [4.69, 9.17) is 10.5 Å². The van der Waals surface area contributed by atoms with E-state index in [-0.39, 0.29) is 12.4 Å². The van der Waals surface area contributed by atoms with Gasteiger partial charge in [-0.25, -0.2) is 4.39 Å². The van der Waals surface area contributed by atoms with Gasteiger partial charge < -0.3 is 10.5 Å². The molecule has 2 N–H and O–H groups in total. The van der Waals surface area contributed by atoms with Crippen LogP contribution in [0.25, 0.3) is 0 Å². The Hall–Kier alpha value is -1.88. The minimum absolute atomic E-state index is 0.183. The molecular formula is C12H14FN3O. The molecule has 0 saturated carbocycles. The first-order valence-electron chi connectivity index (χ1n) is 5.28. The number of hydrogen-bond acceptors (Lipinski definition) is 3. The average Bonchev–Trinajstić information content (AvgIpc) is 2.73. The molecule has 1 aromatic heterocycles. The second-order valence-electron chi connectivity index (χ2n) is 3.77. The first-order valence-corrected chi connectivity index (χ1v) is 5.28. The molecule has 0 aliphatic carbocycles. The highest BCUT2D eigenvalue weighted by atomic mass is 19.1. The van der Waals surface area contributed by atoms with E-state index in [1.54, 1.807) is 36.3 Å². The summed E-state index contributed by atoms with van der Waals surface area (Å²) >= 11 is 0. The molecule has 0 bridgehead atoms. The van der Waals surface area contributed by atoms with Crippen LogP contribution >= 0.6 is 0 Å². The lowest BCUT2D eigenvalue weighted by Crippen LogP contribution is -2.01. The van der Waals surface area contributed by atoms with Crippen molar-refractivity contribution >= 4 is 0 Å². The summed E-state index contributed by atoms with van der Waals surface area (Å²) in [6.45, 7) is 0.517. The summed E-state index contributed by atoms with van der Waals surface area (Å²) in [4.78, 5) is 0. The van der Waals surface area contributed by atoms with E-state index in [2.05, 4.69) is 5.10 Å². The minimum atomic E-state index is -0.295. The van der Waals surface area contributed by atoms with Crippen molar-refractivity contribution in [1.29, 1.82) is 0 Å². The van der Waals surface area contributed by atoms with Gasteiger partial charge in [0.1, 0.15) is 12.4 Å². The maximum absolute atomic E-state index is 13.6. The van der Waals surface area contributed by atoms with Gasteiger partial charge in [0.25, 0.3) is 0 Å². The number of rotatable bonds is 4. The third-order valence-corrected chi connectivity index (χ3v) is 2.43. The maximum atomic E-state index is 13.6. The molecule has 0 radical (unpaired) electrons. The van der Waals surface area contributed by atoms with E-state index in [1.165, 1.54) is 6.07 Å². The Labute approximate surface area is 98.8 Å². The fourth-order valence-corrected chi connectivity index (χ4v) is 1.47.